The molecule has 5 nitrogen and oxygen atoms in total. The summed E-state index contributed by atoms with van der Waals surface area (Å²) in [4.78, 5) is 14.3. The Morgan fingerprint density at radius 1 is 1.67 bits per heavy atom. The Balaban J connectivity index is 3.16. The van der Waals surface area contributed by atoms with E-state index >= 15 is 0 Å². The molecular weight excluding hydrogens is 176 g/mol. The minimum absolute atomic E-state index is 0.137. The van der Waals surface area contributed by atoms with Gasteiger partial charge < -0.3 is 4.98 Å². The van der Waals surface area contributed by atoms with Gasteiger partial charge in [-0.05, 0) is 12.2 Å². The van der Waals surface area contributed by atoms with Crippen LogP contribution in [0.15, 0.2) is 11.0 Å². The normalized spacial score (nSPS) is 10.8. The van der Waals surface area contributed by atoms with Crippen molar-refractivity contribution in [3.63, 3.8) is 0 Å². The van der Waals surface area contributed by atoms with Gasteiger partial charge in [0, 0.05) is 7.05 Å². The molecule has 0 saturated carbocycles. The Morgan fingerprint density at radius 3 is 3.17 bits per heavy atom. The Morgan fingerprint density at radius 2 is 2.42 bits per heavy atom. The first kappa shape index (κ1) is 7.23. The van der Waals surface area contributed by atoms with E-state index in [0.29, 0.717) is 15.8 Å². The summed E-state index contributed by atoms with van der Waals surface area (Å²) in [6, 6.07) is 0. The average Bonchev–Trinajstić information content (AvgIpc) is 2.48. The average molecular weight is 182 g/mol. The van der Waals surface area contributed by atoms with Crippen LogP contribution in [-0.4, -0.2) is 19.7 Å². The third-order valence-corrected chi connectivity index (χ3v) is 2.09. The number of hydrogen-bond donors (Lipinski definition) is 2. The molecule has 0 atom stereocenters. The van der Waals surface area contributed by atoms with Crippen LogP contribution >= 0.6 is 12.2 Å². The van der Waals surface area contributed by atoms with Crippen molar-refractivity contribution in [1.82, 2.24) is 19.7 Å². The molecule has 62 valence electrons. The van der Waals surface area contributed by atoms with Crippen LogP contribution in [0.2, 0.25) is 0 Å². The lowest BCUT2D eigenvalue weighted by Crippen LogP contribution is -2.17. The molecule has 0 saturated heterocycles. The van der Waals surface area contributed by atoms with E-state index in [9.17, 15) is 4.79 Å². The summed E-state index contributed by atoms with van der Waals surface area (Å²) >= 11 is 4.89. The summed E-state index contributed by atoms with van der Waals surface area (Å²) in [5.74, 6) is 0. The lowest BCUT2D eigenvalue weighted by atomic mass is 10.4. The maximum absolute atomic E-state index is 11.4. The first-order chi connectivity index (χ1) is 5.70. The molecule has 2 aromatic heterocycles. The van der Waals surface area contributed by atoms with Crippen molar-refractivity contribution in [1.29, 1.82) is 0 Å². The van der Waals surface area contributed by atoms with Gasteiger partial charge in [0.25, 0.3) is 5.56 Å². The number of hydrogen-bond acceptors (Lipinski definition) is 3. The van der Waals surface area contributed by atoms with Crippen molar-refractivity contribution < 1.29 is 0 Å². The van der Waals surface area contributed by atoms with Gasteiger partial charge in [0.2, 0.25) is 0 Å². The number of nitrogens with one attached hydrogen (secondary N) is 2. The quantitative estimate of drug-likeness (QED) is 0.576. The van der Waals surface area contributed by atoms with Crippen LogP contribution in [0.5, 0.6) is 0 Å². The molecule has 0 aromatic carbocycles. The molecule has 2 rings (SSSR count). The van der Waals surface area contributed by atoms with E-state index in [0.717, 1.165) is 0 Å². The van der Waals surface area contributed by atoms with Gasteiger partial charge in [0.05, 0.1) is 6.20 Å². The van der Waals surface area contributed by atoms with Crippen LogP contribution in [0.4, 0.5) is 0 Å². The third-order valence-electron chi connectivity index (χ3n) is 1.71. The molecule has 6 heteroatoms. The van der Waals surface area contributed by atoms with Gasteiger partial charge in [-0.2, -0.15) is 5.10 Å². The molecule has 0 amide bonds. The molecule has 0 aliphatic heterocycles. The van der Waals surface area contributed by atoms with Crippen LogP contribution < -0.4 is 5.56 Å². The fraction of sp³-hybridized carbons (Fsp3) is 0.167. The van der Waals surface area contributed by atoms with Crippen molar-refractivity contribution in [3.8, 4) is 0 Å². The predicted molar refractivity (Wildman–Crippen MR) is 46.5 cm³/mol. The maximum Gasteiger partial charge on any atom is 0.265 e. The Kier molecular flexibility index (Phi) is 1.37. The molecule has 0 spiro atoms. The van der Waals surface area contributed by atoms with E-state index in [2.05, 4.69) is 15.2 Å². The zero-order valence-corrected chi connectivity index (χ0v) is 7.10. The van der Waals surface area contributed by atoms with E-state index in [-0.39, 0.29) is 5.56 Å². The van der Waals surface area contributed by atoms with Gasteiger partial charge in [0.15, 0.2) is 4.77 Å². The zero-order chi connectivity index (χ0) is 8.72. The van der Waals surface area contributed by atoms with Crippen LogP contribution in [0.1, 0.15) is 0 Å². The summed E-state index contributed by atoms with van der Waals surface area (Å²) in [6.45, 7) is 0. The fourth-order valence-electron chi connectivity index (χ4n) is 1.01. The van der Waals surface area contributed by atoms with Gasteiger partial charge in [-0.1, -0.05) is 0 Å². The van der Waals surface area contributed by atoms with E-state index in [1.807, 2.05) is 0 Å². The Labute approximate surface area is 72.0 Å². The number of H-pyrrole nitrogens is 2. The molecule has 0 bridgehead atoms. The molecule has 0 unspecified atom stereocenters. The van der Waals surface area contributed by atoms with E-state index in [1.165, 1.54) is 10.8 Å². The Bertz CT molecular complexity index is 534. The topological polar surface area (TPSA) is 66.5 Å². The first-order valence-corrected chi connectivity index (χ1v) is 3.73. The second-order valence-corrected chi connectivity index (χ2v) is 2.84. The van der Waals surface area contributed by atoms with Crippen molar-refractivity contribution in [2.75, 3.05) is 0 Å². The molecule has 0 aliphatic rings. The van der Waals surface area contributed by atoms with E-state index < -0.39 is 0 Å². The standard InChI is InChI=1S/C6H6N4OS/c1-10-5(11)3-2-7-9-4(3)8-6(10)12/h2H,1H3,(H2,7,8,9,12). The highest BCUT2D eigenvalue weighted by molar-refractivity contribution is 7.71. The van der Waals surface area contributed by atoms with Crippen molar-refractivity contribution >= 4 is 23.3 Å². The van der Waals surface area contributed by atoms with Crippen molar-refractivity contribution in [2.24, 2.45) is 7.05 Å². The second kappa shape index (κ2) is 2.28. The van der Waals surface area contributed by atoms with Gasteiger partial charge in [-0.15, -0.1) is 0 Å². The maximum atomic E-state index is 11.4. The van der Waals surface area contributed by atoms with E-state index in [1.54, 1.807) is 7.05 Å². The lowest BCUT2D eigenvalue weighted by molar-refractivity contribution is 0.822. The monoisotopic (exact) mass is 182 g/mol. The number of rotatable bonds is 0. The van der Waals surface area contributed by atoms with Gasteiger partial charge in [-0.3, -0.25) is 14.5 Å². The highest BCUT2D eigenvalue weighted by atomic mass is 32.1. The van der Waals surface area contributed by atoms with Crippen LogP contribution in [-0.2, 0) is 7.05 Å². The summed E-state index contributed by atoms with van der Waals surface area (Å²) in [5, 5.41) is 6.89. The number of aromatic nitrogens is 4. The second-order valence-electron chi connectivity index (χ2n) is 2.45. The first-order valence-electron chi connectivity index (χ1n) is 3.32. The molecule has 0 aliphatic carbocycles. The predicted octanol–water partition coefficient (Wildman–Crippen LogP) is 0.319. The molecular formula is C6H6N4OS. The molecule has 2 heterocycles. The number of aromatic amines is 2. The minimum atomic E-state index is -0.137. The van der Waals surface area contributed by atoms with E-state index in [4.69, 9.17) is 12.2 Å². The highest BCUT2D eigenvalue weighted by Crippen LogP contribution is 1.99. The fourth-order valence-corrected chi connectivity index (χ4v) is 1.19. The van der Waals surface area contributed by atoms with Crippen LogP contribution in [0.25, 0.3) is 11.0 Å². The van der Waals surface area contributed by atoms with Gasteiger partial charge in [0.1, 0.15) is 11.0 Å². The van der Waals surface area contributed by atoms with Gasteiger partial charge in [-0.25, -0.2) is 0 Å². The molecule has 0 radical (unpaired) electrons. The van der Waals surface area contributed by atoms with Crippen LogP contribution in [0, 0.1) is 4.77 Å². The van der Waals surface area contributed by atoms with Crippen molar-refractivity contribution in [2.45, 2.75) is 0 Å². The van der Waals surface area contributed by atoms with Crippen molar-refractivity contribution in [3.05, 3.63) is 21.3 Å². The summed E-state index contributed by atoms with van der Waals surface area (Å²) in [6.07, 6.45) is 1.48. The summed E-state index contributed by atoms with van der Waals surface area (Å²) in [5.41, 5.74) is 0.436. The molecule has 2 aromatic rings. The largest absolute Gasteiger partial charge is 0.317 e. The Hall–Kier alpha value is -1.43. The van der Waals surface area contributed by atoms with Gasteiger partial charge >= 0.3 is 0 Å². The van der Waals surface area contributed by atoms with Crippen LogP contribution in [0.3, 0.4) is 0 Å². The number of fused-ring (bicyclic) bond motifs is 1. The minimum Gasteiger partial charge on any atom is -0.317 e. The third kappa shape index (κ3) is 0.814. The highest BCUT2D eigenvalue weighted by Gasteiger charge is 2.02. The molecule has 12 heavy (non-hydrogen) atoms. The molecule has 2 N–H and O–H groups in total. The lowest BCUT2D eigenvalue weighted by Gasteiger charge is -1.95. The molecule has 0 fully saturated rings. The smallest absolute Gasteiger partial charge is 0.265 e. The summed E-state index contributed by atoms with van der Waals surface area (Å²) < 4.78 is 1.75. The number of nitrogens with zero attached hydrogens (tertiary/aromatic N) is 2. The zero-order valence-electron chi connectivity index (χ0n) is 6.29. The summed E-state index contributed by atoms with van der Waals surface area (Å²) in [7, 11) is 1.62. The SMILES string of the molecule is Cn1c(=S)[nH]c2[nH]ncc2c1=O.